The minimum absolute atomic E-state index is 0.580. The summed E-state index contributed by atoms with van der Waals surface area (Å²) in [6, 6.07) is 11.5. The lowest BCUT2D eigenvalue weighted by Crippen LogP contribution is -2.15. The molecule has 0 amide bonds. The van der Waals surface area contributed by atoms with E-state index in [9.17, 15) is 0 Å². The maximum atomic E-state index is 5.87. The van der Waals surface area contributed by atoms with Crippen LogP contribution in [0.25, 0.3) is 11.1 Å². The molecule has 0 aliphatic carbocycles. The van der Waals surface area contributed by atoms with E-state index in [1.807, 2.05) is 30.3 Å². The second-order valence-electron chi connectivity index (χ2n) is 4.35. The highest BCUT2D eigenvalue weighted by molar-refractivity contribution is 5.72. The van der Waals surface area contributed by atoms with E-state index in [1.54, 1.807) is 13.2 Å². The van der Waals surface area contributed by atoms with Crippen LogP contribution >= 0.6 is 0 Å². The molecule has 0 unspecified atom stereocenters. The first-order chi connectivity index (χ1) is 9.26. The molecule has 1 aliphatic heterocycles. The van der Waals surface area contributed by atoms with Crippen LogP contribution < -0.4 is 19.9 Å². The largest absolute Gasteiger partial charge is 0.497 e. The van der Waals surface area contributed by atoms with Gasteiger partial charge in [0.05, 0.1) is 7.11 Å². The SMILES string of the molecule is COc1cc(N)cc(-c2ccc3c(c2)OCCO3)c1. The molecule has 98 valence electrons. The van der Waals surface area contributed by atoms with Gasteiger partial charge in [-0.2, -0.15) is 0 Å². The summed E-state index contributed by atoms with van der Waals surface area (Å²) in [5.74, 6) is 2.29. The van der Waals surface area contributed by atoms with Gasteiger partial charge >= 0.3 is 0 Å². The summed E-state index contributed by atoms with van der Waals surface area (Å²) in [6.07, 6.45) is 0. The molecule has 1 heterocycles. The summed E-state index contributed by atoms with van der Waals surface area (Å²) in [5, 5.41) is 0. The van der Waals surface area contributed by atoms with Crippen LogP contribution in [0, 0.1) is 0 Å². The smallest absolute Gasteiger partial charge is 0.161 e. The quantitative estimate of drug-likeness (QED) is 0.840. The molecular formula is C15H15NO3. The molecule has 0 saturated heterocycles. The van der Waals surface area contributed by atoms with Gasteiger partial charge in [-0.05, 0) is 35.4 Å². The Morgan fingerprint density at radius 1 is 0.947 bits per heavy atom. The molecule has 0 atom stereocenters. The lowest BCUT2D eigenvalue weighted by atomic mass is 10.0. The number of anilines is 1. The molecule has 19 heavy (non-hydrogen) atoms. The van der Waals surface area contributed by atoms with E-state index < -0.39 is 0 Å². The minimum atomic E-state index is 0.580. The van der Waals surface area contributed by atoms with Crippen molar-refractivity contribution in [2.45, 2.75) is 0 Å². The average molecular weight is 257 g/mol. The molecule has 0 aromatic heterocycles. The van der Waals surface area contributed by atoms with Crippen LogP contribution in [0.1, 0.15) is 0 Å². The van der Waals surface area contributed by atoms with E-state index in [1.165, 1.54) is 0 Å². The Balaban J connectivity index is 2.04. The number of methoxy groups -OCH3 is 1. The highest BCUT2D eigenvalue weighted by atomic mass is 16.6. The van der Waals surface area contributed by atoms with Gasteiger partial charge in [0, 0.05) is 11.8 Å². The lowest BCUT2D eigenvalue weighted by molar-refractivity contribution is 0.171. The average Bonchev–Trinajstić information content (AvgIpc) is 2.46. The van der Waals surface area contributed by atoms with Crippen molar-refractivity contribution in [1.82, 2.24) is 0 Å². The van der Waals surface area contributed by atoms with Crippen LogP contribution in [-0.2, 0) is 0 Å². The van der Waals surface area contributed by atoms with Gasteiger partial charge in [-0.1, -0.05) is 6.07 Å². The summed E-state index contributed by atoms with van der Waals surface area (Å²) in [5.41, 5.74) is 8.56. The summed E-state index contributed by atoms with van der Waals surface area (Å²) >= 11 is 0. The van der Waals surface area contributed by atoms with Crippen molar-refractivity contribution in [2.24, 2.45) is 0 Å². The molecule has 0 bridgehead atoms. The zero-order valence-corrected chi connectivity index (χ0v) is 10.7. The highest BCUT2D eigenvalue weighted by Gasteiger charge is 2.12. The molecule has 4 heteroatoms. The molecule has 2 N–H and O–H groups in total. The normalized spacial score (nSPS) is 13.1. The van der Waals surface area contributed by atoms with E-state index in [0.29, 0.717) is 18.9 Å². The van der Waals surface area contributed by atoms with E-state index in [2.05, 4.69) is 0 Å². The van der Waals surface area contributed by atoms with E-state index in [4.69, 9.17) is 19.9 Å². The summed E-state index contributed by atoms with van der Waals surface area (Å²) in [7, 11) is 1.63. The van der Waals surface area contributed by atoms with Crippen LogP contribution in [0.3, 0.4) is 0 Å². The van der Waals surface area contributed by atoms with Crippen molar-refractivity contribution in [3.8, 4) is 28.4 Å². The van der Waals surface area contributed by atoms with Gasteiger partial charge in [-0.25, -0.2) is 0 Å². The van der Waals surface area contributed by atoms with Gasteiger partial charge < -0.3 is 19.9 Å². The van der Waals surface area contributed by atoms with Gasteiger partial charge in [0.15, 0.2) is 11.5 Å². The maximum absolute atomic E-state index is 5.87. The Morgan fingerprint density at radius 2 is 1.74 bits per heavy atom. The Morgan fingerprint density at radius 3 is 2.53 bits per heavy atom. The number of nitrogens with two attached hydrogens (primary N) is 1. The van der Waals surface area contributed by atoms with E-state index in [0.717, 1.165) is 28.4 Å². The zero-order valence-electron chi connectivity index (χ0n) is 10.7. The standard InChI is InChI=1S/C15H15NO3/c1-17-13-7-11(6-12(16)9-13)10-2-3-14-15(8-10)19-5-4-18-14/h2-3,6-9H,4-5,16H2,1H3. The topological polar surface area (TPSA) is 53.7 Å². The molecule has 4 nitrogen and oxygen atoms in total. The molecule has 0 radical (unpaired) electrons. The summed E-state index contributed by atoms with van der Waals surface area (Å²) < 4.78 is 16.3. The maximum Gasteiger partial charge on any atom is 0.161 e. The second-order valence-corrected chi connectivity index (χ2v) is 4.35. The molecular weight excluding hydrogens is 242 g/mol. The van der Waals surface area contributed by atoms with E-state index in [-0.39, 0.29) is 0 Å². The fourth-order valence-corrected chi connectivity index (χ4v) is 2.13. The van der Waals surface area contributed by atoms with Crippen molar-refractivity contribution >= 4 is 5.69 Å². The first-order valence-electron chi connectivity index (χ1n) is 6.11. The molecule has 0 saturated carbocycles. The first kappa shape index (κ1) is 11.7. The molecule has 3 rings (SSSR count). The number of fused-ring (bicyclic) bond motifs is 1. The van der Waals surface area contributed by atoms with Gasteiger partial charge in [0.1, 0.15) is 19.0 Å². The second kappa shape index (κ2) is 4.72. The fraction of sp³-hybridized carbons (Fsp3) is 0.200. The Hall–Kier alpha value is -2.36. The minimum Gasteiger partial charge on any atom is -0.497 e. The van der Waals surface area contributed by atoms with Crippen LogP contribution in [0.5, 0.6) is 17.2 Å². The highest BCUT2D eigenvalue weighted by Crippen LogP contribution is 2.36. The Bertz CT molecular complexity index is 610. The van der Waals surface area contributed by atoms with Gasteiger partial charge in [0.2, 0.25) is 0 Å². The monoisotopic (exact) mass is 257 g/mol. The molecule has 2 aromatic rings. The van der Waals surface area contributed by atoms with Crippen molar-refractivity contribution in [3.05, 3.63) is 36.4 Å². The number of hydrogen-bond donors (Lipinski definition) is 1. The predicted octanol–water partition coefficient (Wildman–Crippen LogP) is 2.72. The van der Waals surface area contributed by atoms with E-state index >= 15 is 0 Å². The van der Waals surface area contributed by atoms with Crippen molar-refractivity contribution < 1.29 is 14.2 Å². The first-order valence-corrected chi connectivity index (χ1v) is 6.11. The van der Waals surface area contributed by atoms with Crippen LogP contribution in [0.4, 0.5) is 5.69 Å². The molecule has 1 aliphatic rings. The lowest BCUT2D eigenvalue weighted by Gasteiger charge is -2.19. The number of benzene rings is 2. The molecule has 2 aromatic carbocycles. The third-order valence-corrected chi connectivity index (χ3v) is 3.04. The third-order valence-electron chi connectivity index (χ3n) is 3.04. The van der Waals surface area contributed by atoms with Crippen molar-refractivity contribution in [2.75, 3.05) is 26.1 Å². The van der Waals surface area contributed by atoms with Gasteiger partial charge in [-0.3, -0.25) is 0 Å². The van der Waals surface area contributed by atoms with Crippen molar-refractivity contribution in [3.63, 3.8) is 0 Å². The van der Waals surface area contributed by atoms with Crippen LogP contribution in [0.15, 0.2) is 36.4 Å². The summed E-state index contributed by atoms with van der Waals surface area (Å²) in [6.45, 7) is 1.18. The summed E-state index contributed by atoms with van der Waals surface area (Å²) in [4.78, 5) is 0. The van der Waals surface area contributed by atoms with Crippen molar-refractivity contribution in [1.29, 1.82) is 0 Å². The molecule has 0 spiro atoms. The fourth-order valence-electron chi connectivity index (χ4n) is 2.13. The van der Waals surface area contributed by atoms with Crippen LogP contribution in [-0.4, -0.2) is 20.3 Å². The van der Waals surface area contributed by atoms with Gasteiger partial charge in [-0.15, -0.1) is 0 Å². The number of hydrogen-bond acceptors (Lipinski definition) is 4. The third kappa shape index (κ3) is 2.29. The molecule has 0 fully saturated rings. The van der Waals surface area contributed by atoms with Crippen LogP contribution in [0.2, 0.25) is 0 Å². The Labute approximate surface area is 111 Å². The predicted molar refractivity (Wildman–Crippen MR) is 73.8 cm³/mol. The number of nitrogen functional groups attached to an aromatic ring is 1. The Kier molecular flexibility index (Phi) is 2.91. The zero-order chi connectivity index (χ0) is 13.2. The number of rotatable bonds is 2. The van der Waals surface area contributed by atoms with Gasteiger partial charge in [0.25, 0.3) is 0 Å². The number of ether oxygens (including phenoxy) is 3.